The maximum Gasteiger partial charge on any atom is 0.240 e. The van der Waals surface area contributed by atoms with Gasteiger partial charge in [-0.25, -0.2) is 4.68 Å². The predicted octanol–water partition coefficient (Wildman–Crippen LogP) is 5.00. The third kappa shape index (κ3) is 4.27. The maximum absolute atomic E-state index is 13.4. The quantitative estimate of drug-likeness (QED) is 0.421. The molecule has 1 amide bonds. The van der Waals surface area contributed by atoms with E-state index in [0.29, 0.717) is 21.8 Å². The van der Waals surface area contributed by atoms with Crippen LogP contribution in [0.4, 0.5) is 5.69 Å². The van der Waals surface area contributed by atoms with Crippen molar-refractivity contribution in [1.82, 2.24) is 14.9 Å². The minimum atomic E-state index is -0.519. The Morgan fingerprint density at radius 2 is 1.79 bits per heavy atom. The number of anilines is 1. The van der Waals surface area contributed by atoms with Crippen LogP contribution in [0.25, 0.3) is 11.4 Å². The van der Waals surface area contributed by atoms with Gasteiger partial charge in [-0.1, -0.05) is 78.0 Å². The number of methoxy groups -OCH3 is 1. The summed E-state index contributed by atoms with van der Waals surface area (Å²) in [6.45, 7) is 0. The Morgan fingerprint density at radius 1 is 1.06 bits per heavy atom. The van der Waals surface area contributed by atoms with Crippen LogP contribution in [0.2, 0.25) is 5.02 Å². The van der Waals surface area contributed by atoms with E-state index < -0.39 is 11.3 Å². The van der Waals surface area contributed by atoms with Crippen molar-refractivity contribution >= 4 is 35.0 Å². The Morgan fingerprint density at radius 3 is 2.48 bits per heavy atom. The molecule has 0 unspecified atom stereocenters. The summed E-state index contributed by atoms with van der Waals surface area (Å²) in [6, 6.07) is 24.3. The molecule has 4 aromatic rings. The summed E-state index contributed by atoms with van der Waals surface area (Å²) in [5.74, 6) is 1.10. The first-order valence-electron chi connectivity index (χ1n) is 10.3. The second-order valence-electron chi connectivity index (χ2n) is 7.40. The highest BCUT2D eigenvalue weighted by atomic mass is 35.5. The fourth-order valence-corrected chi connectivity index (χ4v) is 5.04. The molecule has 0 fully saturated rings. The predicted molar refractivity (Wildman–Crippen MR) is 130 cm³/mol. The van der Waals surface area contributed by atoms with Crippen LogP contribution in [-0.2, 0) is 4.79 Å². The Hall–Kier alpha value is -3.49. The number of rotatable bonds is 5. The average molecular weight is 478 g/mol. The number of carbonyl (C=O) groups excluding carboxylic acids is 1. The van der Waals surface area contributed by atoms with E-state index in [9.17, 15) is 4.79 Å². The molecule has 0 bridgehead atoms. The first kappa shape index (κ1) is 21.4. The number of nitrogens with zero attached hydrogens (tertiary/aromatic N) is 3. The van der Waals surface area contributed by atoms with Crippen LogP contribution in [0.5, 0.6) is 5.75 Å². The van der Waals surface area contributed by atoms with Crippen molar-refractivity contribution in [3.8, 4) is 17.1 Å². The number of hydrogen-bond acceptors (Lipinski definition) is 6. The minimum absolute atomic E-state index is 0.147. The molecule has 0 saturated carbocycles. The van der Waals surface area contributed by atoms with Gasteiger partial charge in [0.15, 0.2) is 5.82 Å². The van der Waals surface area contributed by atoms with Crippen LogP contribution in [-0.4, -0.2) is 33.1 Å². The lowest BCUT2D eigenvalue weighted by molar-refractivity contribution is -0.116. The van der Waals surface area contributed by atoms with Gasteiger partial charge in [0.25, 0.3) is 0 Å². The van der Waals surface area contributed by atoms with E-state index in [-0.39, 0.29) is 5.91 Å². The van der Waals surface area contributed by atoms with Crippen LogP contribution in [0.1, 0.15) is 11.6 Å². The van der Waals surface area contributed by atoms with Crippen LogP contribution in [0.3, 0.4) is 0 Å². The molecule has 0 spiro atoms. The van der Waals surface area contributed by atoms with Crippen molar-refractivity contribution in [1.29, 1.82) is 0 Å². The Bertz CT molecular complexity index is 1280. The third-order valence-corrected chi connectivity index (χ3v) is 6.81. The first-order valence-corrected chi connectivity index (χ1v) is 11.5. The van der Waals surface area contributed by atoms with Gasteiger partial charge in [-0.3, -0.25) is 4.79 Å². The molecule has 0 aliphatic carbocycles. The molecule has 1 aliphatic rings. The maximum atomic E-state index is 13.4. The number of thioether (sulfide) groups is 1. The number of halogens is 1. The molecule has 1 aliphatic heterocycles. The molecule has 2 N–H and O–H groups in total. The van der Waals surface area contributed by atoms with E-state index in [1.54, 1.807) is 13.2 Å². The molecule has 0 radical (unpaired) electrons. The summed E-state index contributed by atoms with van der Waals surface area (Å²) in [7, 11) is 1.57. The minimum Gasteiger partial charge on any atom is -0.495 e. The van der Waals surface area contributed by atoms with Gasteiger partial charge in [-0.2, -0.15) is 0 Å². The smallest absolute Gasteiger partial charge is 0.240 e. The highest BCUT2D eigenvalue weighted by Gasteiger charge is 2.38. The van der Waals surface area contributed by atoms with E-state index in [4.69, 9.17) is 16.3 Å². The fourth-order valence-electron chi connectivity index (χ4n) is 3.69. The zero-order chi connectivity index (χ0) is 22.8. The third-order valence-electron chi connectivity index (χ3n) is 5.30. The highest BCUT2D eigenvalue weighted by molar-refractivity contribution is 8.00. The summed E-state index contributed by atoms with van der Waals surface area (Å²) in [4.78, 5) is 13.4. The molecule has 2 atom stereocenters. The molecule has 5 rings (SSSR count). The van der Waals surface area contributed by atoms with E-state index in [1.165, 1.54) is 11.8 Å². The zero-order valence-corrected chi connectivity index (χ0v) is 19.2. The van der Waals surface area contributed by atoms with Gasteiger partial charge in [0, 0.05) is 11.3 Å². The largest absolute Gasteiger partial charge is 0.495 e. The summed E-state index contributed by atoms with van der Waals surface area (Å²) < 4.78 is 7.13. The molecule has 2 heterocycles. The van der Waals surface area contributed by atoms with Gasteiger partial charge < -0.3 is 15.5 Å². The van der Waals surface area contributed by atoms with Crippen molar-refractivity contribution in [2.45, 2.75) is 16.4 Å². The van der Waals surface area contributed by atoms with Crippen molar-refractivity contribution in [2.75, 3.05) is 17.9 Å². The number of fused-ring (bicyclic) bond motifs is 1. The van der Waals surface area contributed by atoms with Crippen molar-refractivity contribution < 1.29 is 9.53 Å². The van der Waals surface area contributed by atoms with Crippen LogP contribution < -0.4 is 15.5 Å². The molecule has 1 aromatic heterocycles. The van der Waals surface area contributed by atoms with Crippen LogP contribution in [0.15, 0.2) is 84.0 Å². The van der Waals surface area contributed by atoms with E-state index in [1.807, 2.05) is 77.5 Å². The van der Waals surface area contributed by atoms with Gasteiger partial charge in [0.1, 0.15) is 11.0 Å². The molecular weight excluding hydrogens is 458 g/mol. The number of benzene rings is 3. The lowest BCUT2D eigenvalue weighted by Gasteiger charge is -2.33. The van der Waals surface area contributed by atoms with Crippen LogP contribution >= 0.6 is 23.4 Å². The summed E-state index contributed by atoms with van der Waals surface area (Å²) in [6.07, 6.45) is 0. The van der Waals surface area contributed by atoms with Gasteiger partial charge >= 0.3 is 0 Å². The molecular formula is C24H20ClN5O2S. The highest BCUT2D eigenvalue weighted by Crippen LogP contribution is 2.40. The number of para-hydroxylation sites is 1. The second-order valence-corrected chi connectivity index (χ2v) is 8.92. The lowest BCUT2D eigenvalue weighted by atomic mass is 10.0. The number of amides is 1. The van der Waals surface area contributed by atoms with Crippen molar-refractivity contribution in [3.05, 3.63) is 89.4 Å². The Kier molecular flexibility index (Phi) is 5.93. The first-order chi connectivity index (χ1) is 16.1. The number of nitrogens with one attached hydrogen (secondary N) is 2. The number of carbonyl (C=O) groups is 1. The summed E-state index contributed by atoms with van der Waals surface area (Å²) in [5.41, 5.74) is 5.95. The average Bonchev–Trinajstić information content (AvgIpc) is 3.27. The van der Waals surface area contributed by atoms with E-state index >= 15 is 0 Å². The second kappa shape index (κ2) is 9.17. The normalized spacial score (nSPS) is 17.0. The molecule has 7 nitrogen and oxygen atoms in total. The zero-order valence-electron chi connectivity index (χ0n) is 17.6. The summed E-state index contributed by atoms with van der Waals surface area (Å²) in [5, 5.41) is 12.3. The van der Waals surface area contributed by atoms with Gasteiger partial charge in [-0.05, 0) is 29.8 Å². The van der Waals surface area contributed by atoms with E-state index in [2.05, 4.69) is 20.9 Å². The van der Waals surface area contributed by atoms with E-state index in [0.717, 1.165) is 16.8 Å². The number of hydrogen-bond donors (Lipinski definition) is 2. The van der Waals surface area contributed by atoms with Crippen molar-refractivity contribution in [3.63, 3.8) is 0 Å². The molecule has 166 valence electrons. The van der Waals surface area contributed by atoms with Crippen molar-refractivity contribution in [2.24, 2.45) is 0 Å². The molecule has 0 saturated heterocycles. The van der Waals surface area contributed by atoms with Gasteiger partial charge in [0.2, 0.25) is 11.1 Å². The molecule has 9 heteroatoms. The van der Waals surface area contributed by atoms with Gasteiger partial charge in [0.05, 0.1) is 18.2 Å². The Labute approximate surface area is 200 Å². The number of aromatic nitrogens is 3. The Balaban J connectivity index is 1.53. The SMILES string of the molecule is COc1ccc([C@@H]2Nn3c(nnc3-c3ccccc3)S[C@@H]2C(=O)Nc2ccccc2)cc1Cl. The topological polar surface area (TPSA) is 81.1 Å². The number of ether oxygens (including phenoxy) is 1. The fraction of sp³-hybridized carbons (Fsp3) is 0.125. The molecule has 33 heavy (non-hydrogen) atoms. The van der Waals surface area contributed by atoms with Gasteiger partial charge in [-0.15, -0.1) is 10.2 Å². The standard InChI is InChI=1S/C24H20ClN5O2S/c1-32-19-13-12-16(14-18(19)25)20-21(23(31)26-17-10-6-3-7-11-17)33-24-28-27-22(30(24)29-20)15-8-4-2-5-9-15/h2-14,20-21,29H,1H3,(H,26,31)/t20-,21-/m0/s1. The van der Waals surface area contributed by atoms with Crippen LogP contribution in [0, 0.1) is 0 Å². The lowest BCUT2D eigenvalue weighted by Crippen LogP contribution is -2.41. The molecule has 3 aromatic carbocycles. The monoisotopic (exact) mass is 477 g/mol. The summed E-state index contributed by atoms with van der Waals surface area (Å²) >= 11 is 7.78.